The Kier molecular flexibility index (Phi) is 4.93. The van der Waals surface area contributed by atoms with E-state index in [0.717, 1.165) is 22.6 Å². The predicted octanol–water partition coefficient (Wildman–Crippen LogP) is 4.33. The molecular formula is C20H18N4O2S. The standard InChI is InChI=1S/C20H18N4O2S/c1-3-12-27-20-22-19-17(23-24-20)13-8-4-6-10-15(13)21-18(26-19)14-9-5-7-11-16(14)25-2/h3-11,18,21H,1,12H2,2H3/t18-/m0/s1. The molecule has 4 rings (SSSR count). The van der Waals surface area contributed by atoms with Gasteiger partial charge in [0, 0.05) is 17.0 Å². The second-order valence-corrected chi connectivity index (χ2v) is 6.76. The van der Waals surface area contributed by atoms with Crippen LogP contribution in [0.15, 0.2) is 66.3 Å². The molecule has 0 saturated carbocycles. The van der Waals surface area contributed by atoms with Crippen LogP contribution in [0.3, 0.4) is 0 Å². The molecule has 3 aromatic rings. The van der Waals surface area contributed by atoms with Crippen molar-refractivity contribution >= 4 is 17.4 Å². The minimum absolute atomic E-state index is 0.435. The van der Waals surface area contributed by atoms with Gasteiger partial charge in [-0.3, -0.25) is 0 Å². The lowest BCUT2D eigenvalue weighted by Gasteiger charge is -2.21. The maximum Gasteiger partial charge on any atom is 0.247 e. The molecule has 6 nitrogen and oxygen atoms in total. The Hall–Kier alpha value is -3.06. The topological polar surface area (TPSA) is 69.2 Å². The van der Waals surface area contributed by atoms with Crippen molar-refractivity contribution in [3.63, 3.8) is 0 Å². The van der Waals surface area contributed by atoms with Crippen LogP contribution in [0.5, 0.6) is 11.6 Å². The number of hydrogen-bond donors (Lipinski definition) is 1. The number of anilines is 1. The van der Waals surface area contributed by atoms with Crippen LogP contribution in [0.1, 0.15) is 11.8 Å². The van der Waals surface area contributed by atoms with Crippen molar-refractivity contribution in [2.45, 2.75) is 11.4 Å². The summed E-state index contributed by atoms with van der Waals surface area (Å²) in [5.74, 6) is 1.87. The van der Waals surface area contributed by atoms with E-state index in [9.17, 15) is 0 Å². The highest BCUT2D eigenvalue weighted by Gasteiger charge is 2.27. The number of benzene rings is 2. The van der Waals surface area contributed by atoms with Gasteiger partial charge in [-0.15, -0.1) is 16.8 Å². The number of aromatic nitrogens is 3. The number of nitrogens with one attached hydrogen (secondary N) is 1. The quantitative estimate of drug-likeness (QED) is 0.523. The number of para-hydroxylation sites is 2. The zero-order chi connectivity index (χ0) is 18.6. The van der Waals surface area contributed by atoms with E-state index in [4.69, 9.17) is 9.47 Å². The largest absolute Gasteiger partial charge is 0.496 e. The molecule has 1 atom stereocenters. The molecule has 1 N–H and O–H groups in total. The fourth-order valence-corrected chi connectivity index (χ4v) is 3.38. The van der Waals surface area contributed by atoms with Gasteiger partial charge in [0.25, 0.3) is 0 Å². The van der Waals surface area contributed by atoms with Crippen LogP contribution in [0.25, 0.3) is 11.3 Å². The van der Waals surface area contributed by atoms with Gasteiger partial charge in [0.2, 0.25) is 17.3 Å². The van der Waals surface area contributed by atoms with E-state index < -0.39 is 6.23 Å². The first-order valence-electron chi connectivity index (χ1n) is 8.44. The fraction of sp³-hybridized carbons (Fsp3) is 0.150. The highest BCUT2D eigenvalue weighted by molar-refractivity contribution is 7.99. The summed E-state index contributed by atoms with van der Waals surface area (Å²) < 4.78 is 11.8. The van der Waals surface area contributed by atoms with E-state index >= 15 is 0 Å². The third-order valence-corrected chi connectivity index (χ3v) is 4.92. The average molecular weight is 378 g/mol. The normalized spacial score (nSPS) is 14.8. The van der Waals surface area contributed by atoms with Crippen LogP contribution in [0, 0.1) is 0 Å². The molecule has 2 heterocycles. The molecule has 7 heteroatoms. The van der Waals surface area contributed by atoms with Crippen molar-refractivity contribution in [3.05, 3.63) is 66.7 Å². The first-order chi connectivity index (χ1) is 13.3. The number of ether oxygens (including phenoxy) is 2. The van der Waals surface area contributed by atoms with Crippen LogP contribution in [0.4, 0.5) is 5.69 Å². The summed E-state index contributed by atoms with van der Waals surface area (Å²) in [6.07, 6.45) is 1.33. The molecule has 0 amide bonds. The Morgan fingerprint density at radius 2 is 2.00 bits per heavy atom. The smallest absolute Gasteiger partial charge is 0.247 e. The maximum atomic E-state index is 6.24. The van der Waals surface area contributed by atoms with Crippen LogP contribution < -0.4 is 14.8 Å². The van der Waals surface area contributed by atoms with Crippen LogP contribution >= 0.6 is 11.8 Å². The summed E-state index contributed by atoms with van der Waals surface area (Å²) >= 11 is 1.46. The summed E-state index contributed by atoms with van der Waals surface area (Å²) in [4.78, 5) is 4.58. The summed E-state index contributed by atoms with van der Waals surface area (Å²) in [6, 6.07) is 15.6. The second kappa shape index (κ2) is 7.67. The molecule has 0 fully saturated rings. The third kappa shape index (κ3) is 3.46. The van der Waals surface area contributed by atoms with Crippen LogP contribution in [-0.2, 0) is 0 Å². The Morgan fingerprint density at radius 1 is 1.19 bits per heavy atom. The van der Waals surface area contributed by atoms with Crippen LogP contribution in [0.2, 0.25) is 0 Å². The monoisotopic (exact) mass is 378 g/mol. The molecule has 0 radical (unpaired) electrons. The van der Waals surface area contributed by atoms with Crippen molar-refractivity contribution in [3.8, 4) is 22.9 Å². The minimum Gasteiger partial charge on any atom is -0.496 e. The van der Waals surface area contributed by atoms with Gasteiger partial charge in [0.15, 0.2) is 5.69 Å². The summed E-state index contributed by atoms with van der Waals surface area (Å²) in [6.45, 7) is 3.73. The lowest BCUT2D eigenvalue weighted by atomic mass is 10.1. The van der Waals surface area contributed by atoms with E-state index in [1.54, 1.807) is 13.2 Å². The summed E-state index contributed by atoms with van der Waals surface area (Å²) in [5.41, 5.74) is 3.28. The molecule has 2 aromatic carbocycles. The highest BCUT2D eigenvalue weighted by atomic mass is 32.2. The van der Waals surface area contributed by atoms with Crippen LogP contribution in [-0.4, -0.2) is 28.0 Å². The second-order valence-electron chi connectivity index (χ2n) is 5.78. The SMILES string of the molecule is C=CCSc1nnc2c(n1)O[C@@H](c1ccccc1OC)Nc1ccccc1-2. The molecule has 0 saturated heterocycles. The van der Waals surface area contributed by atoms with Gasteiger partial charge in [0.1, 0.15) is 5.75 Å². The first-order valence-corrected chi connectivity index (χ1v) is 9.42. The Morgan fingerprint density at radius 3 is 2.85 bits per heavy atom. The average Bonchev–Trinajstić information content (AvgIpc) is 2.88. The van der Waals surface area contributed by atoms with Crippen molar-refractivity contribution < 1.29 is 9.47 Å². The molecule has 0 aliphatic carbocycles. The van der Waals surface area contributed by atoms with Crippen molar-refractivity contribution in [1.29, 1.82) is 0 Å². The Bertz CT molecular complexity index is 980. The molecule has 1 aromatic heterocycles. The number of hydrogen-bond acceptors (Lipinski definition) is 7. The van der Waals surface area contributed by atoms with Gasteiger partial charge in [-0.1, -0.05) is 48.2 Å². The molecule has 136 valence electrons. The van der Waals surface area contributed by atoms with E-state index in [1.807, 2.05) is 48.5 Å². The van der Waals surface area contributed by atoms with E-state index in [2.05, 4.69) is 27.1 Å². The number of rotatable bonds is 5. The molecule has 0 bridgehead atoms. The Balaban J connectivity index is 1.82. The minimum atomic E-state index is -0.475. The zero-order valence-corrected chi connectivity index (χ0v) is 15.6. The third-order valence-electron chi connectivity index (χ3n) is 4.09. The van der Waals surface area contributed by atoms with E-state index in [0.29, 0.717) is 22.5 Å². The van der Waals surface area contributed by atoms with Gasteiger partial charge in [-0.05, 0) is 18.2 Å². The fourth-order valence-electron chi connectivity index (χ4n) is 2.87. The summed E-state index contributed by atoms with van der Waals surface area (Å²) in [7, 11) is 1.64. The zero-order valence-electron chi connectivity index (χ0n) is 14.8. The maximum absolute atomic E-state index is 6.24. The molecule has 1 aliphatic rings. The first kappa shape index (κ1) is 17.4. The molecular weight excluding hydrogens is 360 g/mol. The summed E-state index contributed by atoms with van der Waals surface area (Å²) in [5, 5.41) is 12.6. The van der Waals surface area contributed by atoms with Crippen molar-refractivity contribution in [2.24, 2.45) is 0 Å². The molecule has 1 aliphatic heterocycles. The van der Waals surface area contributed by atoms with Gasteiger partial charge < -0.3 is 14.8 Å². The van der Waals surface area contributed by atoms with Crippen molar-refractivity contribution in [2.75, 3.05) is 18.2 Å². The number of methoxy groups -OCH3 is 1. The predicted molar refractivity (Wildman–Crippen MR) is 106 cm³/mol. The molecule has 0 unspecified atom stereocenters. The van der Waals surface area contributed by atoms with Crippen molar-refractivity contribution in [1.82, 2.24) is 15.2 Å². The van der Waals surface area contributed by atoms with Gasteiger partial charge >= 0.3 is 0 Å². The molecule has 27 heavy (non-hydrogen) atoms. The number of nitrogens with zero attached hydrogens (tertiary/aromatic N) is 3. The van der Waals surface area contributed by atoms with E-state index in [1.165, 1.54) is 11.8 Å². The van der Waals surface area contributed by atoms with Gasteiger partial charge in [-0.2, -0.15) is 4.98 Å². The van der Waals surface area contributed by atoms with Gasteiger partial charge in [-0.25, -0.2) is 0 Å². The number of fused-ring (bicyclic) bond motifs is 3. The Labute approximate surface area is 161 Å². The van der Waals surface area contributed by atoms with Gasteiger partial charge in [0.05, 0.1) is 12.7 Å². The van der Waals surface area contributed by atoms with E-state index in [-0.39, 0.29) is 0 Å². The highest BCUT2D eigenvalue weighted by Crippen LogP contribution is 2.40. The molecule has 0 spiro atoms. The number of thioether (sulfide) groups is 1. The lowest BCUT2D eigenvalue weighted by molar-refractivity contribution is 0.220. The lowest BCUT2D eigenvalue weighted by Crippen LogP contribution is -2.18.